The number of hydrogen-bond acceptors (Lipinski definition) is 5. The van der Waals surface area contributed by atoms with Crippen LogP contribution in [0, 0.1) is 0 Å². The number of anilines is 1. The molecule has 37 heavy (non-hydrogen) atoms. The number of carbonyl (C=O) groups is 2. The van der Waals surface area contributed by atoms with Crippen LogP contribution in [0.2, 0.25) is 0 Å². The van der Waals surface area contributed by atoms with E-state index >= 15 is 0 Å². The number of amides is 2. The Bertz CT molecular complexity index is 1390. The van der Waals surface area contributed by atoms with Gasteiger partial charge in [-0.15, -0.1) is 5.10 Å². The maximum Gasteiger partial charge on any atom is 0.249 e. The van der Waals surface area contributed by atoms with E-state index in [0.717, 1.165) is 31.2 Å². The first-order chi connectivity index (χ1) is 18.0. The average molecular weight is 501 g/mol. The fourth-order valence-corrected chi connectivity index (χ4v) is 5.11. The standard InChI is InChI=1S/C28H32N6O3/c1-32-17-9-16-25(32)27(28(36)29-20-10-4-3-5-11-20)34(21-12-8-13-22(18-21)37-2)26(35)19-33-24-15-7-6-14-23(24)30-31-33/h6-9,12-18,20,27H,3-5,10-11,19H2,1-2H3,(H,29,36). The Hall–Kier alpha value is -4.14. The van der Waals surface area contributed by atoms with Gasteiger partial charge in [-0.05, 0) is 49.2 Å². The van der Waals surface area contributed by atoms with Gasteiger partial charge in [0.05, 0.1) is 18.3 Å². The lowest BCUT2D eigenvalue weighted by molar-refractivity contribution is -0.127. The van der Waals surface area contributed by atoms with Gasteiger partial charge in [0, 0.05) is 31.0 Å². The summed E-state index contributed by atoms with van der Waals surface area (Å²) in [6, 6.07) is 17.7. The fraction of sp³-hybridized carbons (Fsp3) is 0.357. The monoisotopic (exact) mass is 500 g/mol. The molecule has 2 aromatic heterocycles. The molecule has 2 aromatic carbocycles. The predicted octanol–water partition coefficient (Wildman–Crippen LogP) is 4.00. The number of rotatable bonds is 8. The highest BCUT2D eigenvalue weighted by atomic mass is 16.5. The van der Waals surface area contributed by atoms with E-state index in [1.807, 2.05) is 72.4 Å². The highest BCUT2D eigenvalue weighted by molar-refractivity contribution is 6.01. The summed E-state index contributed by atoms with van der Waals surface area (Å²) in [6.07, 6.45) is 7.16. The van der Waals surface area contributed by atoms with Crippen LogP contribution in [0.25, 0.3) is 11.0 Å². The van der Waals surface area contributed by atoms with Crippen molar-refractivity contribution in [3.8, 4) is 5.75 Å². The van der Waals surface area contributed by atoms with Gasteiger partial charge in [-0.1, -0.05) is 42.7 Å². The highest BCUT2D eigenvalue weighted by Gasteiger charge is 2.36. The molecule has 1 atom stereocenters. The quantitative estimate of drug-likeness (QED) is 0.395. The first kappa shape index (κ1) is 24.5. The van der Waals surface area contributed by atoms with Crippen LogP contribution in [0.1, 0.15) is 43.8 Å². The number of ether oxygens (including phenoxy) is 1. The minimum Gasteiger partial charge on any atom is -0.497 e. The van der Waals surface area contributed by atoms with Gasteiger partial charge in [0.25, 0.3) is 0 Å². The van der Waals surface area contributed by atoms with Gasteiger partial charge in [0.15, 0.2) is 6.04 Å². The van der Waals surface area contributed by atoms with Gasteiger partial charge in [0.1, 0.15) is 17.8 Å². The Labute approximate surface area is 216 Å². The van der Waals surface area contributed by atoms with E-state index < -0.39 is 6.04 Å². The fourth-order valence-electron chi connectivity index (χ4n) is 5.11. The SMILES string of the molecule is COc1cccc(N(C(=O)Cn2nnc3ccccc32)C(C(=O)NC2CCCCC2)c2cccn2C)c1. The van der Waals surface area contributed by atoms with Crippen molar-refractivity contribution in [3.63, 3.8) is 0 Å². The Balaban J connectivity index is 1.56. The molecule has 1 fully saturated rings. The second kappa shape index (κ2) is 10.9. The van der Waals surface area contributed by atoms with E-state index in [9.17, 15) is 9.59 Å². The van der Waals surface area contributed by atoms with Gasteiger partial charge in [-0.2, -0.15) is 0 Å². The zero-order valence-electron chi connectivity index (χ0n) is 21.2. The van der Waals surface area contributed by atoms with Crippen molar-refractivity contribution < 1.29 is 14.3 Å². The molecule has 1 N–H and O–H groups in total. The number of aryl methyl sites for hydroxylation is 1. The first-order valence-electron chi connectivity index (χ1n) is 12.7. The van der Waals surface area contributed by atoms with E-state index in [-0.39, 0.29) is 24.4 Å². The molecule has 0 bridgehead atoms. The molecule has 4 aromatic rings. The molecule has 2 heterocycles. The molecule has 9 nitrogen and oxygen atoms in total. The third-order valence-corrected chi connectivity index (χ3v) is 7.03. The van der Waals surface area contributed by atoms with Crippen LogP contribution in [0.3, 0.4) is 0 Å². The molecule has 2 amide bonds. The van der Waals surface area contributed by atoms with Crippen LogP contribution in [0.15, 0.2) is 66.9 Å². The number of nitrogens with one attached hydrogen (secondary N) is 1. The molecule has 1 unspecified atom stereocenters. The van der Waals surface area contributed by atoms with Crippen LogP contribution in [0.4, 0.5) is 5.69 Å². The molecule has 9 heteroatoms. The number of methoxy groups -OCH3 is 1. The van der Waals surface area contributed by atoms with Crippen molar-refractivity contribution in [2.75, 3.05) is 12.0 Å². The molecule has 0 radical (unpaired) electrons. The van der Waals surface area contributed by atoms with Gasteiger partial charge in [-0.25, -0.2) is 4.68 Å². The number of nitrogens with zero attached hydrogens (tertiary/aromatic N) is 5. The largest absolute Gasteiger partial charge is 0.497 e. The van der Waals surface area contributed by atoms with E-state index in [1.165, 1.54) is 6.42 Å². The molecular weight excluding hydrogens is 468 g/mol. The lowest BCUT2D eigenvalue weighted by Crippen LogP contribution is -2.48. The zero-order chi connectivity index (χ0) is 25.8. The van der Waals surface area contributed by atoms with Crippen molar-refractivity contribution in [1.29, 1.82) is 0 Å². The molecule has 5 rings (SSSR count). The molecule has 1 aliphatic carbocycles. The minimum absolute atomic E-state index is 0.0741. The smallest absolute Gasteiger partial charge is 0.249 e. The maximum absolute atomic E-state index is 14.1. The summed E-state index contributed by atoms with van der Waals surface area (Å²) in [6.45, 7) is -0.0741. The average Bonchev–Trinajstić information content (AvgIpc) is 3.53. The Morgan fingerprint density at radius 1 is 1.08 bits per heavy atom. The number of fused-ring (bicyclic) bond motifs is 1. The van der Waals surface area contributed by atoms with Crippen molar-refractivity contribution >= 4 is 28.5 Å². The van der Waals surface area contributed by atoms with Crippen LogP contribution in [-0.4, -0.2) is 44.5 Å². The van der Waals surface area contributed by atoms with Crippen LogP contribution in [-0.2, 0) is 23.2 Å². The molecule has 0 saturated heterocycles. The number of para-hydroxylation sites is 1. The molecular formula is C28H32N6O3. The number of aromatic nitrogens is 4. The van der Waals surface area contributed by atoms with Crippen LogP contribution in [0.5, 0.6) is 5.75 Å². The number of benzene rings is 2. The van der Waals surface area contributed by atoms with E-state index in [1.54, 1.807) is 22.8 Å². The van der Waals surface area contributed by atoms with Crippen molar-refractivity contribution in [2.24, 2.45) is 7.05 Å². The molecule has 1 aliphatic rings. The van der Waals surface area contributed by atoms with E-state index in [2.05, 4.69) is 15.6 Å². The number of hydrogen-bond donors (Lipinski definition) is 1. The van der Waals surface area contributed by atoms with Crippen molar-refractivity contribution in [1.82, 2.24) is 24.9 Å². The Morgan fingerprint density at radius 2 is 1.89 bits per heavy atom. The minimum atomic E-state index is -0.878. The summed E-state index contributed by atoms with van der Waals surface area (Å²) < 4.78 is 8.91. The molecule has 0 spiro atoms. The third kappa shape index (κ3) is 5.21. The summed E-state index contributed by atoms with van der Waals surface area (Å²) >= 11 is 0. The van der Waals surface area contributed by atoms with Gasteiger partial charge in [-0.3, -0.25) is 14.5 Å². The molecule has 1 saturated carbocycles. The van der Waals surface area contributed by atoms with Crippen molar-refractivity contribution in [2.45, 2.75) is 50.7 Å². The summed E-state index contributed by atoms with van der Waals surface area (Å²) in [5.41, 5.74) is 2.74. The maximum atomic E-state index is 14.1. The van der Waals surface area contributed by atoms with Crippen LogP contribution < -0.4 is 15.0 Å². The highest BCUT2D eigenvalue weighted by Crippen LogP contribution is 2.32. The molecule has 0 aliphatic heterocycles. The Kier molecular flexibility index (Phi) is 7.20. The second-order valence-corrected chi connectivity index (χ2v) is 9.49. The topological polar surface area (TPSA) is 94.3 Å². The van der Waals surface area contributed by atoms with Gasteiger partial charge >= 0.3 is 0 Å². The first-order valence-corrected chi connectivity index (χ1v) is 12.7. The summed E-state index contributed by atoms with van der Waals surface area (Å²) in [4.78, 5) is 29.6. The normalized spacial score (nSPS) is 14.9. The summed E-state index contributed by atoms with van der Waals surface area (Å²) in [5.74, 6) is 0.113. The second-order valence-electron chi connectivity index (χ2n) is 9.49. The molecule has 192 valence electrons. The van der Waals surface area contributed by atoms with Crippen LogP contribution >= 0.6 is 0 Å². The summed E-state index contributed by atoms with van der Waals surface area (Å²) in [5, 5.41) is 11.6. The predicted molar refractivity (Wildman–Crippen MR) is 141 cm³/mol. The van der Waals surface area contributed by atoms with E-state index in [0.29, 0.717) is 22.6 Å². The van der Waals surface area contributed by atoms with Gasteiger partial charge in [0.2, 0.25) is 11.8 Å². The Morgan fingerprint density at radius 3 is 2.65 bits per heavy atom. The third-order valence-electron chi connectivity index (χ3n) is 7.03. The van der Waals surface area contributed by atoms with Gasteiger partial charge < -0.3 is 14.6 Å². The number of carbonyl (C=O) groups excluding carboxylic acids is 2. The van der Waals surface area contributed by atoms with Crippen molar-refractivity contribution in [3.05, 3.63) is 72.6 Å². The van der Waals surface area contributed by atoms with E-state index in [4.69, 9.17) is 4.74 Å². The zero-order valence-corrected chi connectivity index (χ0v) is 21.2. The lowest BCUT2D eigenvalue weighted by Gasteiger charge is -2.33. The lowest BCUT2D eigenvalue weighted by atomic mass is 9.95. The summed E-state index contributed by atoms with van der Waals surface area (Å²) in [7, 11) is 3.46.